The summed E-state index contributed by atoms with van der Waals surface area (Å²) in [5, 5.41) is 8.37. The lowest BCUT2D eigenvalue weighted by Crippen LogP contribution is -2.54. The van der Waals surface area contributed by atoms with Gasteiger partial charge in [0.15, 0.2) is 0 Å². The van der Waals surface area contributed by atoms with Gasteiger partial charge in [0.25, 0.3) is 0 Å². The summed E-state index contributed by atoms with van der Waals surface area (Å²) in [5.74, 6) is -0.400. The van der Waals surface area contributed by atoms with Crippen LogP contribution in [0.25, 0.3) is 11.2 Å². The third kappa shape index (κ3) is 6.04. The van der Waals surface area contributed by atoms with Crippen LogP contribution >= 0.6 is 11.6 Å². The van der Waals surface area contributed by atoms with Gasteiger partial charge in [-0.15, -0.1) is 0 Å². The molecule has 3 aromatic heterocycles. The van der Waals surface area contributed by atoms with Crippen LogP contribution in [0.5, 0.6) is 5.75 Å². The zero-order chi connectivity index (χ0) is 28.2. The first kappa shape index (κ1) is 28.2. The Kier molecular flexibility index (Phi) is 8.79. The Morgan fingerprint density at radius 3 is 2.83 bits per heavy atom. The van der Waals surface area contributed by atoms with Gasteiger partial charge in [-0.1, -0.05) is 11.6 Å². The van der Waals surface area contributed by atoms with E-state index >= 15 is 0 Å². The second-order valence-electron chi connectivity index (χ2n) is 9.79. The van der Waals surface area contributed by atoms with E-state index < -0.39 is 18.1 Å². The summed E-state index contributed by atoms with van der Waals surface area (Å²) in [5.41, 5.74) is 10.1. The van der Waals surface area contributed by atoms with Crippen LogP contribution in [0, 0.1) is 17.3 Å². The lowest BCUT2D eigenvalue weighted by Gasteiger charge is -2.42. The quantitative estimate of drug-likeness (QED) is 0.266. The number of likely N-dealkylation sites (tertiary alicyclic amines) is 1. The Morgan fingerprint density at radius 1 is 1.35 bits per heavy atom. The van der Waals surface area contributed by atoms with Crippen molar-refractivity contribution in [1.82, 2.24) is 19.5 Å². The zero-order valence-electron chi connectivity index (χ0n) is 22.1. The van der Waals surface area contributed by atoms with Crippen LogP contribution in [0.1, 0.15) is 30.7 Å². The molecule has 0 aliphatic carbocycles. The molecule has 3 aromatic rings. The molecule has 10 nitrogen and oxygen atoms in total. The number of aromatic nitrogens is 3. The standard InChI is InChI=1S/C27H30ClF2N7O3/c1-16(32-8-17-5-6-36(12-22(17)30)20-13-39-14-20)26(35-31)18-7-24(27-21(28)10-34-37(27)11-18)40-15-25(38-2)23-4-3-19(29)9-33-23/h3-4,7-11,17,20,22,25,31H,5-6,12-15H2,1-2H3/b26-16-,32-8?,35-31?/t17?,22-,25?/m0/s1. The first-order valence-electron chi connectivity index (χ1n) is 12.9. The van der Waals surface area contributed by atoms with Gasteiger partial charge >= 0.3 is 0 Å². The van der Waals surface area contributed by atoms with Crippen LogP contribution in [0.15, 0.2) is 52.6 Å². The van der Waals surface area contributed by atoms with Crippen molar-refractivity contribution in [3.63, 3.8) is 0 Å². The van der Waals surface area contributed by atoms with E-state index in [1.807, 2.05) is 0 Å². The molecule has 0 radical (unpaired) electrons. The highest BCUT2D eigenvalue weighted by Gasteiger charge is 2.34. The van der Waals surface area contributed by atoms with Gasteiger partial charge in [-0.25, -0.2) is 18.8 Å². The second kappa shape index (κ2) is 12.5. The molecule has 5 rings (SSSR count). The SMILES string of the molecule is COC(COc1cc(/C(N=N)=C(\C)N=CC2CCN(C3COC3)C[C@@H]2F)cn2ncc(Cl)c12)c1ccc(F)cn1. The summed E-state index contributed by atoms with van der Waals surface area (Å²) in [6.45, 7) is 4.24. The van der Waals surface area contributed by atoms with Gasteiger partial charge in [-0.05, 0) is 38.1 Å². The van der Waals surface area contributed by atoms with E-state index in [1.165, 1.54) is 30.0 Å². The molecule has 212 valence electrons. The van der Waals surface area contributed by atoms with E-state index in [0.29, 0.717) is 65.5 Å². The molecule has 0 amide bonds. The number of aliphatic imine (C=N–C) groups is 1. The number of methoxy groups -OCH3 is 1. The normalized spacial score (nSPS) is 21.8. The minimum atomic E-state index is -1.03. The summed E-state index contributed by atoms with van der Waals surface area (Å²) in [7, 11) is 1.51. The molecular formula is C27H30ClF2N7O3. The number of fused-ring (bicyclic) bond motifs is 1. The van der Waals surface area contributed by atoms with Gasteiger partial charge in [-0.2, -0.15) is 10.2 Å². The number of ether oxygens (including phenoxy) is 3. The molecule has 0 aromatic carbocycles. The minimum Gasteiger partial charge on any atom is -0.488 e. The molecule has 2 saturated heterocycles. The van der Waals surface area contributed by atoms with Gasteiger partial charge in [0.05, 0.1) is 48.1 Å². The molecule has 2 fully saturated rings. The largest absolute Gasteiger partial charge is 0.488 e. The number of nitrogens with one attached hydrogen (secondary N) is 1. The topological polar surface area (TPSA) is 110 Å². The van der Waals surface area contributed by atoms with Crippen LogP contribution in [-0.4, -0.2) is 77.9 Å². The monoisotopic (exact) mass is 573 g/mol. The molecule has 13 heteroatoms. The van der Waals surface area contributed by atoms with Gasteiger partial charge < -0.3 is 14.2 Å². The van der Waals surface area contributed by atoms with Crippen LogP contribution in [-0.2, 0) is 9.47 Å². The van der Waals surface area contributed by atoms with E-state index in [2.05, 4.69) is 25.1 Å². The number of piperidine rings is 1. The van der Waals surface area contributed by atoms with E-state index in [9.17, 15) is 8.78 Å². The summed E-state index contributed by atoms with van der Waals surface area (Å²) in [4.78, 5) is 10.7. The van der Waals surface area contributed by atoms with Crippen LogP contribution in [0.3, 0.4) is 0 Å². The minimum absolute atomic E-state index is 0.0491. The molecule has 0 spiro atoms. The van der Waals surface area contributed by atoms with Crippen LogP contribution in [0.4, 0.5) is 8.78 Å². The molecule has 2 aliphatic rings. The number of hydrogen-bond acceptors (Lipinski definition) is 9. The van der Waals surface area contributed by atoms with Crippen molar-refractivity contribution in [3.8, 4) is 5.75 Å². The lowest BCUT2D eigenvalue weighted by atomic mass is 9.94. The third-order valence-electron chi connectivity index (χ3n) is 7.23. The van der Waals surface area contributed by atoms with Gasteiger partial charge in [0, 0.05) is 37.5 Å². The maximum atomic E-state index is 14.9. The van der Waals surface area contributed by atoms with Gasteiger partial charge in [-0.3, -0.25) is 14.9 Å². The van der Waals surface area contributed by atoms with Crippen molar-refractivity contribution in [2.24, 2.45) is 16.0 Å². The molecule has 2 unspecified atom stereocenters. The Bertz CT molecular complexity index is 1410. The smallest absolute Gasteiger partial charge is 0.147 e. The summed E-state index contributed by atoms with van der Waals surface area (Å²) in [6, 6.07) is 4.82. The second-order valence-corrected chi connectivity index (χ2v) is 10.2. The Labute approximate surface area is 235 Å². The number of rotatable bonds is 10. The Hall–Kier alpha value is -3.32. The van der Waals surface area contributed by atoms with Gasteiger partial charge in [0.1, 0.15) is 41.7 Å². The maximum absolute atomic E-state index is 14.9. The van der Waals surface area contributed by atoms with Crippen molar-refractivity contribution in [2.45, 2.75) is 31.7 Å². The fourth-order valence-electron chi connectivity index (χ4n) is 4.81. The molecule has 5 heterocycles. The van der Waals surface area contributed by atoms with Crippen LogP contribution in [0.2, 0.25) is 5.02 Å². The Balaban J connectivity index is 1.37. The molecule has 40 heavy (non-hydrogen) atoms. The highest BCUT2D eigenvalue weighted by atomic mass is 35.5. The van der Waals surface area contributed by atoms with Crippen molar-refractivity contribution >= 4 is 29.0 Å². The first-order valence-corrected chi connectivity index (χ1v) is 13.3. The molecule has 0 bridgehead atoms. The zero-order valence-corrected chi connectivity index (χ0v) is 22.9. The van der Waals surface area contributed by atoms with Crippen LogP contribution < -0.4 is 4.74 Å². The fraction of sp³-hybridized carbons (Fsp3) is 0.444. The number of hydrogen-bond donors (Lipinski definition) is 1. The molecule has 3 atom stereocenters. The number of allylic oxidation sites excluding steroid dienone is 1. The molecule has 1 N–H and O–H groups in total. The highest BCUT2D eigenvalue weighted by molar-refractivity contribution is 6.34. The predicted molar refractivity (Wildman–Crippen MR) is 145 cm³/mol. The number of nitrogens with zero attached hydrogens (tertiary/aromatic N) is 6. The summed E-state index contributed by atoms with van der Waals surface area (Å²) >= 11 is 6.39. The van der Waals surface area contributed by atoms with E-state index in [0.717, 1.165) is 12.7 Å². The first-order chi connectivity index (χ1) is 19.4. The number of pyridine rings is 2. The fourth-order valence-corrected chi connectivity index (χ4v) is 5.03. The maximum Gasteiger partial charge on any atom is 0.147 e. The average molecular weight is 574 g/mol. The van der Waals surface area contributed by atoms with Crippen molar-refractivity contribution < 1.29 is 23.0 Å². The summed E-state index contributed by atoms with van der Waals surface area (Å²) < 4.78 is 46.6. The van der Waals surface area contributed by atoms with Crippen molar-refractivity contribution in [3.05, 3.63) is 64.6 Å². The Morgan fingerprint density at radius 2 is 2.17 bits per heavy atom. The third-order valence-corrected chi connectivity index (χ3v) is 7.51. The van der Waals surface area contributed by atoms with Gasteiger partial charge in [0.2, 0.25) is 0 Å². The molecule has 2 aliphatic heterocycles. The molecular weight excluding hydrogens is 544 g/mol. The predicted octanol–water partition coefficient (Wildman–Crippen LogP) is 5.14. The van der Waals surface area contributed by atoms with E-state index in [-0.39, 0.29) is 18.2 Å². The lowest BCUT2D eigenvalue weighted by molar-refractivity contribution is -0.0812. The van der Waals surface area contributed by atoms with E-state index in [4.69, 9.17) is 31.3 Å². The highest BCUT2D eigenvalue weighted by Crippen LogP contribution is 2.33. The molecule has 0 saturated carbocycles. The van der Waals surface area contributed by atoms with Crippen molar-refractivity contribution in [1.29, 1.82) is 5.53 Å². The summed E-state index contributed by atoms with van der Waals surface area (Å²) in [6.07, 6.45) is 4.94. The number of halogens is 3. The van der Waals surface area contributed by atoms with Crippen molar-refractivity contribution in [2.75, 3.05) is 40.0 Å². The number of alkyl halides is 1. The average Bonchev–Trinajstić information content (AvgIpc) is 3.29. The van der Waals surface area contributed by atoms with E-state index in [1.54, 1.807) is 25.4 Å².